The maximum Gasteiger partial charge on any atom is 0.0603 e. The molecule has 47 valence electrons. The first-order valence-corrected chi connectivity index (χ1v) is 3.91. The third-order valence-corrected chi connectivity index (χ3v) is 2.25. The van der Waals surface area contributed by atoms with E-state index >= 15 is 0 Å². The summed E-state index contributed by atoms with van der Waals surface area (Å²) in [6, 6.07) is 6.45. The van der Waals surface area contributed by atoms with Gasteiger partial charge < -0.3 is 5.73 Å². The van der Waals surface area contributed by atoms with Crippen LogP contribution in [-0.2, 0) is 0 Å². The van der Waals surface area contributed by atoms with Gasteiger partial charge in [-0.3, -0.25) is 0 Å². The van der Waals surface area contributed by atoms with Gasteiger partial charge in [0.2, 0.25) is 0 Å². The van der Waals surface area contributed by atoms with Crippen LogP contribution in [0, 0.1) is 6.07 Å². The van der Waals surface area contributed by atoms with Crippen molar-refractivity contribution in [3.8, 4) is 0 Å². The number of hydrogen-bond acceptors (Lipinski definition) is 1. The molecule has 0 saturated carbocycles. The van der Waals surface area contributed by atoms with Crippen molar-refractivity contribution in [3.05, 3.63) is 27.1 Å². The van der Waals surface area contributed by atoms with Crippen LogP contribution in [0.3, 0.4) is 0 Å². The maximum atomic E-state index is 5.57. The Morgan fingerprint density at radius 3 is 2.00 bits per heavy atom. The Bertz CT molecular complexity index is 202. The molecule has 0 aliphatic heterocycles. The summed E-state index contributed by atoms with van der Waals surface area (Å²) in [5.41, 5.74) is 6.28. The second-order valence-electron chi connectivity index (χ2n) is 1.56. The molecule has 0 atom stereocenters. The van der Waals surface area contributed by atoms with Crippen LogP contribution in [0.1, 0.15) is 0 Å². The lowest BCUT2D eigenvalue weighted by Crippen LogP contribution is -1.86. The van der Waals surface area contributed by atoms with Crippen LogP contribution >= 0.6 is 31.9 Å². The largest absolute Gasteiger partial charge is 0.397 e. The van der Waals surface area contributed by atoms with E-state index in [4.69, 9.17) is 5.73 Å². The van der Waals surface area contributed by atoms with Crippen LogP contribution in [0.25, 0.3) is 0 Å². The molecular weight excluding hydrogens is 246 g/mol. The minimum atomic E-state index is 0.716. The molecule has 0 fully saturated rings. The summed E-state index contributed by atoms with van der Waals surface area (Å²) in [7, 11) is 0. The van der Waals surface area contributed by atoms with E-state index in [1.807, 2.05) is 0 Å². The second kappa shape index (κ2) is 2.71. The van der Waals surface area contributed by atoms with Crippen molar-refractivity contribution in [2.24, 2.45) is 0 Å². The Morgan fingerprint density at radius 1 is 1.22 bits per heavy atom. The number of nitrogens with two attached hydrogens (primary N) is 1. The predicted octanol–water partition coefficient (Wildman–Crippen LogP) is 2.59. The molecule has 0 saturated heterocycles. The van der Waals surface area contributed by atoms with Gasteiger partial charge in [0.25, 0.3) is 0 Å². The molecule has 1 nitrogen and oxygen atoms in total. The van der Waals surface area contributed by atoms with E-state index in [0.29, 0.717) is 5.69 Å². The molecule has 0 spiro atoms. The summed E-state index contributed by atoms with van der Waals surface area (Å²) in [5, 5.41) is 0. The quantitative estimate of drug-likeness (QED) is 0.703. The lowest BCUT2D eigenvalue weighted by Gasteiger charge is -1.97. The second-order valence-corrected chi connectivity index (χ2v) is 3.27. The zero-order valence-corrected chi connectivity index (χ0v) is 7.66. The molecule has 1 aromatic rings. The Labute approximate surface area is 70.5 Å². The number of anilines is 1. The van der Waals surface area contributed by atoms with Gasteiger partial charge in [0.05, 0.1) is 5.69 Å². The number of nitrogen functional groups attached to an aromatic ring is 1. The highest BCUT2D eigenvalue weighted by atomic mass is 79.9. The highest BCUT2D eigenvalue weighted by Crippen LogP contribution is 2.26. The van der Waals surface area contributed by atoms with Gasteiger partial charge in [0.15, 0.2) is 0 Å². The van der Waals surface area contributed by atoms with Crippen LogP contribution < -0.4 is 5.73 Å². The molecule has 0 bridgehead atoms. The Morgan fingerprint density at radius 2 is 1.67 bits per heavy atom. The van der Waals surface area contributed by atoms with E-state index in [1.54, 1.807) is 12.1 Å². The van der Waals surface area contributed by atoms with Gasteiger partial charge in [-0.25, -0.2) is 0 Å². The van der Waals surface area contributed by atoms with Gasteiger partial charge in [0.1, 0.15) is 0 Å². The Kier molecular flexibility index (Phi) is 2.13. The molecule has 0 aliphatic rings. The Hall–Kier alpha value is -0.0200. The molecule has 0 amide bonds. The maximum absolute atomic E-state index is 5.57. The number of rotatable bonds is 0. The molecule has 1 aromatic carbocycles. The average Bonchev–Trinajstić information content (AvgIpc) is 1.83. The van der Waals surface area contributed by atoms with E-state index < -0.39 is 0 Å². The monoisotopic (exact) mass is 248 g/mol. The van der Waals surface area contributed by atoms with Crippen LogP contribution in [0.2, 0.25) is 0 Å². The molecule has 0 aliphatic carbocycles. The zero-order chi connectivity index (χ0) is 6.85. The first-order valence-electron chi connectivity index (χ1n) is 2.32. The van der Waals surface area contributed by atoms with E-state index in [0.717, 1.165) is 8.95 Å². The summed E-state index contributed by atoms with van der Waals surface area (Å²) in [4.78, 5) is 0. The normalized spacial score (nSPS) is 9.56. The van der Waals surface area contributed by atoms with Crippen molar-refractivity contribution in [2.45, 2.75) is 0 Å². The van der Waals surface area contributed by atoms with E-state index in [9.17, 15) is 0 Å². The number of halogens is 2. The van der Waals surface area contributed by atoms with E-state index in [1.165, 1.54) is 0 Å². The van der Waals surface area contributed by atoms with Crippen molar-refractivity contribution >= 4 is 37.5 Å². The van der Waals surface area contributed by atoms with Crippen LogP contribution in [0.5, 0.6) is 0 Å². The number of hydrogen-bond donors (Lipinski definition) is 1. The molecule has 0 unspecified atom stereocenters. The van der Waals surface area contributed by atoms with Crippen molar-refractivity contribution in [3.63, 3.8) is 0 Å². The average molecular weight is 250 g/mol. The summed E-state index contributed by atoms with van der Waals surface area (Å²) in [5.74, 6) is 0. The van der Waals surface area contributed by atoms with Gasteiger partial charge in [-0.2, -0.15) is 0 Å². The first-order chi connectivity index (χ1) is 4.22. The van der Waals surface area contributed by atoms with Crippen molar-refractivity contribution in [1.29, 1.82) is 0 Å². The van der Waals surface area contributed by atoms with Gasteiger partial charge >= 0.3 is 0 Å². The lowest BCUT2D eigenvalue weighted by molar-refractivity contribution is 1.58. The molecule has 1 rings (SSSR count). The summed E-state index contributed by atoms with van der Waals surface area (Å²) >= 11 is 6.52. The standard InChI is InChI=1S/C6H4Br2N/c7-4-2-1-3-5(8)6(4)9/h2-3H,9H2. The lowest BCUT2D eigenvalue weighted by atomic mass is 10.3. The third kappa shape index (κ3) is 1.46. The SMILES string of the molecule is Nc1c(Br)c[c]cc1Br. The molecule has 9 heavy (non-hydrogen) atoms. The molecule has 0 heterocycles. The third-order valence-electron chi connectivity index (χ3n) is 0.935. The first kappa shape index (κ1) is 7.09. The van der Waals surface area contributed by atoms with E-state index in [2.05, 4.69) is 37.9 Å². The Balaban J connectivity index is 3.25. The molecule has 0 aromatic heterocycles. The van der Waals surface area contributed by atoms with Crippen LogP contribution in [0.15, 0.2) is 21.1 Å². The van der Waals surface area contributed by atoms with Crippen LogP contribution in [-0.4, -0.2) is 0 Å². The molecular formula is C6H4Br2N. The summed E-state index contributed by atoms with van der Waals surface area (Å²) in [6.07, 6.45) is 0. The fourth-order valence-electron chi connectivity index (χ4n) is 0.458. The van der Waals surface area contributed by atoms with Crippen LogP contribution in [0.4, 0.5) is 5.69 Å². The molecule has 1 radical (unpaired) electrons. The highest BCUT2D eigenvalue weighted by molar-refractivity contribution is 9.11. The van der Waals surface area contributed by atoms with Gasteiger partial charge in [0, 0.05) is 8.95 Å². The van der Waals surface area contributed by atoms with Gasteiger partial charge in [-0.05, 0) is 50.1 Å². The van der Waals surface area contributed by atoms with E-state index in [-0.39, 0.29) is 0 Å². The number of benzene rings is 1. The van der Waals surface area contributed by atoms with Gasteiger partial charge in [-0.15, -0.1) is 0 Å². The topological polar surface area (TPSA) is 26.0 Å². The molecule has 2 N–H and O–H groups in total. The van der Waals surface area contributed by atoms with Crippen molar-refractivity contribution in [1.82, 2.24) is 0 Å². The van der Waals surface area contributed by atoms with Crippen molar-refractivity contribution < 1.29 is 0 Å². The summed E-state index contributed by atoms with van der Waals surface area (Å²) in [6.45, 7) is 0. The smallest absolute Gasteiger partial charge is 0.0603 e. The summed E-state index contributed by atoms with van der Waals surface area (Å²) < 4.78 is 1.74. The fraction of sp³-hybridized carbons (Fsp3) is 0. The predicted molar refractivity (Wildman–Crippen MR) is 45.1 cm³/mol. The minimum absolute atomic E-state index is 0.716. The van der Waals surface area contributed by atoms with Crippen molar-refractivity contribution in [2.75, 3.05) is 5.73 Å². The fourth-order valence-corrected chi connectivity index (χ4v) is 1.42. The highest BCUT2D eigenvalue weighted by Gasteiger charge is 1.96. The zero-order valence-electron chi connectivity index (χ0n) is 4.49. The minimum Gasteiger partial charge on any atom is -0.397 e. The van der Waals surface area contributed by atoms with Gasteiger partial charge in [-0.1, -0.05) is 0 Å². The molecule has 3 heteroatoms.